The van der Waals surface area contributed by atoms with Crippen LogP contribution >= 0.6 is 11.8 Å². The average Bonchev–Trinajstić information content (AvgIpc) is 3.24. The Morgan fingerprint density at radius 2 is 1.88 bits per heavy atom. The van der Waals surface area contributed by atoms with E-state index in [4.69, 9.17) is 0 Å². The van der Waals surface area contributed by atoms with E-state index in [1.165, 1.54) is 22.9 Å². The fourth-order valence-corrected chi connectivity index (χ4v) is 4.89. The van der Waals surface area contributed by atoms with Gasteiger partial charge in [-0.2, -0.15) is 0 Å². The molecule has 1 N–H and O–H groups in total. The summed E-state index contributed by atoms with van der Waals surface area (Å²) in [6, 6.07) is 17.9. The molecular formula is C26H30N4O2S. The smallest absolute Gasteiger partial charge is 0.220 e. The van der Waals surface area contributed by atoms with Crippen LogP contribution in [0, 0.1) is 0 Å². The van der Waals surface area contributed by atoms with E-state index in [0.29, 0.717) is 24.3 Å². The highest BCUT2D eigenvalue weighted by molar-refractivity contribution is 7.99. The summed E-state index contributed by atoms with van der Waals surface area (Å²) in [6.07, 6.45) is 3.84. The van der Waals surface area contributed by atoms with Crippen molar-refractivity contribution in [2.24, 2.45) is 0 Å². The average molecular weight is 463 g/mol. The summed E-state index contributed by atoms with van der Waals surface area (Å²) >= 11 is 1.44. The molecule has 1 aliphatic rings. The van der Waals surface area contributed by atoms with Crippen molar-refractivity contribution >= 4 is 23.5 Å². The van der Waals surface area contributed by atoms with E-state index in [1.807, 2.05) is 30.3 Å². The minimum Gasteiger partial charge on any atom is -0.356 e. The van der Waals surface area contributed by atoms with Gasteiger partial charge in [0.25, 0.3) is 0 Å². The second-order valence-electron chi connectivity index (χ2n) is 8.54. The maximum absolute atomic E-state index is 12.6. The van der Waals surface area contributed by atoms with E-state index in [-0.39, 0.29) is 17.6 Å². The van der Waals surface area contributed by atoms with Crippen LogP contribution in [-0.4, -0.2) is 38.8 Å². The number of hydrogen-bond donors (Lipinski definition) is 1. The van der Waals surface area contributed by atoms with E-state index in [1.54, 1.807) is 0 Å². The van der Waals surface area contributed by atoms with Crippen molar-refractivity contribution < 1.29 is 9.59 Å². The van der Waals surface area contributed by atoms with Crippen molar-refractivity contribution in [1.29, 1.82) is 0 Å². The number of ketones is 1. The molecule has 1 aromatic heterocycles. The van der Waals surface area contributed by atoms with Crippen LogP contribution in [0.4, 0.5) is 0 Å². The van der Waals surface area contributed by atoms with Gasteiger partial charge in [0.1, 0.15) is 5.82 Å². The lowest BCUT2D eigenvalue weighted by atomic mass is 9.98. The number of Topliss-reactive ketones (excluding diaryl/α,β-unsaturated/α-hetero) is 1. The first kappa shape index (κ1) is 23.2. The molecule has 0 radical (unpaired) electrons. The van der Waals surface area contributed by atoms with Crippen LogP contribution in [0.5, 0.6) is 0 Å². The highest BCUT2D eigenvalue weighted by atomic mass is 32.2. The Hall–Kier alpha value is -2.93. The van der Waals surface area contributed by atoms with Gasteiger partial charge in [0.2, 0.25) is 5.91 Å². The quantitative estimate of drug-likeness (QED) is 0.458. The zero-order valence-electron chi connectivity index (χ0n) is 19.0. The van der Waals surface area contributed by atoms with Crippen LogP contribution in [0.1, 0.15) is 59.4 Å². The highest BCUT2D eigenvalue weighted by Crippen LogP contribution is 2.22. The normalized spacial score (nSPS) is 17.4. The third-order valence-electron chi connectivity index (χ3n) is 6.03. The summed E-state index contributed by atoms with van der Waals surface area (Å²) in [5.74, 6) is 1.70. The summed E-state index contributed by atoms with van der Waals surface area (Å²) < 4.78 is 2.15. The molecule has 1 amide bonds. The van der Waals surface area contributed by atoms with E-state index in [2.05, 4.69) is 51.3 Å². The zero-order valence-corrected chi connectivity index (χ0v) is 19.8. The Kier molecular flexibility index (Phi) is 7.94. The van der Waals surface area contributed by atoms with Gasteiger partial charge in [0, 0.05) is 31.5 Å². The van der Waals surface area contributed by atoms with Gasteiger partial charge >= 0.3 is 0 Å². The Bertz CT molecular complexity index is 1100. The Balaban J connectivity index is 1.52. The molecule has 3 aromatic rings. The Labute approximate surface area is 199 Å². The van der Waals surface area contributed by atoms with E-state index < -0.39 is 0 Å². The molecule has 2 bridgehead atoms. The van der Waals surface area contributed by atoms with Crippen molar-refractivity contribution in [2.45, 2.75) is 56.6 Å². The first-order chi connectivity index (χ1) is 16.1. The van der Waals surface area contributed by atoms with Crippen molar-refractivity contribution in [3.8, 4) is 0 Å². The van der Waals surface area contributed by atoms with Crippen LogP contribution < -0.4 is 5.32 Å². The summed E-state index contributed by atoms with van der Waals surface area (Å²) in [7, 11) is 0. The second kappa shape index (κ2) is 11.3. The lowest BCUT2D eigenvalue weighted by Crippen LogP contribution is -2.27. The van der Waals surface area contributed by atoms with Crippen molar-refractivity contribution in [3.63, 3.8) is 0 Å². The molecule has 1 aliphatic heterocycles. The van der Waals surface area contributed by atoms with Gasteiger partial charge in [0.05, 0.1) is 5.75 Å². The van der Waals surface area contributed by atoms with Gasteiger partial charge in [-0.1, -0.05) is 73.3 Å². The molecule has 172 valence electrons. The number of aryl methyl sites for hydroxylation is 2. The first-order valence-electron chi connectivity index (χ1n) is 11.6. The van der Waals surface area contributed by atoms with E-state index in [9.17, 15) is 9.59 Å². The fourth-order valence-electron chi connectivity index (χ4n) is 4.01. The predicted molar refractivity (Wildman–Crippen MR) is 131 cm³/mol. The molecule has 1 unspecified atom stereocenters. The molecule has 0 fully saturated rings. The Morgan fingerprint density at radius 1 is 1.06 bits per heavy atom. The molecule has 7 heteroatoms. The minimum absolute atomic E-state index is 0.0859. The lowest BCUT2D eigenvalue weighted by molar-refractivity contribution is -0.121. The standard InChI is InChI=1S/C26H30N4O2S/c1-19-17-27-25(32)13-6-5-12-24-28-29-26(33-18-23(31)21-9-3-2-4-10-21)30(24)15-14-20-8-7-11-22(19)16-20/h2-4,7-11,16,19H,5-6,12-15,17-18H2,1H3,(H,27,32). The number of nitrogens with one attached hydrogen (secondary N) is 1. The van der Waals surface area contributed by atoms with Gasteiger partial charge in [-0.3, -0.25) is 9.59 Å². The minimum atomic E-state index is 0.0859. The molecule has 6 nitrogen and oxygen atoms in total. The van der Waals surface area contributed by atoms with Crippen molar-refractivity contribution in [3.05, 3.63) is 77.1 Å². The molecule has 0 spiro atoms. The number of hydrogen-bond acceptors (Lipinski definition) is 5. The van der Waals surface area contributed by atoms with Crippen molar-refractivity contribution in [2.75, 3.05) is 12.3 Å². The maximum Gasteiger partial charge on any atom is 0.220 e. The number of aromatic nitrogens is 3. The Morgan fingerprint density at radius 3 is 2.73 bits per heavy atom. The third kappa shape index (κ3) is 6.32. The fraction of sp³-hybridized carbons (Fsp3) is 0.385. The zero-order chi connectivity index (χ0) is 23.0. The number of thioether (sulfide) groups is 1. The van der Waals surface area contributed by atoms with Crippen LogP contribution in [0.3, 0.4) is 0 Å². The summed E-state index contributed by atoms with van der Waals surface area (Å²) in [5, 5.41) is 12.7. The number of carbonyl (C=O) groups excluding carboxylic acids is 2. The van der Waals surface area contributed by atoms with Gasteiger partial charge in [-0.25, -0.2) is 0 Å². The van der Waals surface area contributed by atoms with Crippen molar-refractivity contribution in [1.82, 2.24) is 20.1 Å². The molecular weight excluding hydrogens is 432 g/mol. The molecule has 1 atom stereocenters. The first-order valence-corrected chi connectivity index (χ1v) is 12.6. The molecule has 4 rings (SSSR count). The lowest BCUT2D eigenvalue weighted by Gasteiger charge is -2.14. The van der Waals surface area contributed by atoms with Gasteiger partial charge in [-0.05, 0) is 36.3 Å². The molecule has 2 heterocycles. The SMILES string of the molecule is CC1CNC(=O)CCCCc2nnc(SCC(=O)c3ccccc3)n2CCc2cccc1c2. The predicted octanol–water partition coefficient (Wildman–Crippen LogP) is 4.44. The van der Waals surface area contributed by atoms with E-state index in [0.717, 1.165) is 43.2 Å². The van der Waals surface area contributed by atoms with Crippen LogP contribution in [0.25, 0.3) is 0 Å². The van der Waals surface area contributed by atoms with Gasteiger partial charge in [0.15, 0.2) is 10.9 Å². The molecule has 0 saturated carbocycles. The molecule has 33 heavy (non-hydrogen) atoms. The number of nitrogens with zero attached hydrogens (tertiary/aromatic N) is 3. The topological polar surface area (TPSA) is 76.9 Å². The summed E-state index contributed by atoms with van der Waals surface area (Å²) in [4.78, 5) is 24.8. The van der Waals surface area contributed by atoms with Crippen LogP contribution in [0.15, 0.2) is 59.8 Å². The summed E-state index contributed by atoms with van der Waals surface area (Å²) in [5.41, 5.74) is 3.19. The van der Waals surface area contributed by atoms with Crippen LogP contribution in [-0.2, 0) is 24.2 Å². The molecule has 0 aliphatic carbocycles. The monoisotopic (exact) mass is 462 g/mol. The maximum atomic E-state index is 12.6. The number of fused-ring (bicyclic) bond motifs is 3. The van der Waals surface area contributed by atoms with Gasteiger partial charge < -0.3 is 9.88 Å². The van der Waals surface area contributed by atoms with E-state index >= 15 is 0 Å². The molecule has 0 saturated heterocycles. The second-order valence-corrected chi connectivity index (χ2v) is 9.48. The molecule has 2 aromatic carbocycles. The number of rotatable bonds is 4. The highest BCUT2D eigenvalue weighted by Gasteiger charge is 2.16. The number of amides is 1. The largest absolute Gasteiger partial charge is 0.356 e. The number of carbonyl (C=O) groups is 2. The third-order valence-corrected chi connectivity index (χ3v) is 6.99. The van der Waals surface area contributed by atoms with Gasteiger partial charge in [-0.15, -0.1) is 10.2 Å². The van der Waals surface area contributed by atoms with Crippen LogP contribution in [0.2, 0.25) is 0 Å². The number of benzene rings is 2. The summed E-state index contributed by atoms with van der Waals surface area (Å²) in [6.45, 7) is 3.57.